The van der Waals surface area contributed by atoms with Gasteiger partial charge in [0.05, 0.1) is 13.2 Å². The molecule has 0 radical (unpaired) electrons. The molecule has 110 valence electrons. The lowest BCUT2D eigenvalue weighted by Gasteiger charge is -2.28. The van der Waals surface area contributed by atoms with Gasteiger partial charge in [-0.15, -0.1) is 0 Å². The number of nitrogens with one attached hydrogen (secondary N) is 2. The van der Waals surface area contributed by atoms with Crippen LogP contribution >= 0.6 is 0 Å². The van der Waals surface area contributed by atoms with E-state index in [1.54, 1.807) is 6.20 Å². The molecule has 3 rings (SSSR count). The van der Waals surface area contributed by atoms with Gasteiger partial charge in [0.2, 0.25) is 0 Å². The molecule has 1 fully saturated rings. The molecule has 1 aromatic heterocycles. The molecule has 0 spiro atoms. The smallest absolute Gasteiger partial charge is 0.349 e. The van der Waals surface area contributed by atoms with Crippen molar-refractivity contribution in [1.29, 1.82) is 5.41 Å². The summed E-state index contributed by atoms with van der Waals surface area (Å²) >= 11 is 0. The number of ether oxygens (including phenoxy) is 1. The van der Waals surface area contributed by atoms with E-state index in [1.165, 1.54) is 0 Å². The molecule has 1 aliphatic heterocycles. The van der Waals surface area contributed by atoms with Crippen molar-refractivity contribution in [2.45, 2.75) is 6.42 Å². The summed E-state index contributed by atoms with van der Waals surface area (Å²) in [6.07, 6.45) is 1.91. The standard InChI is InChI=1S/C15H17N3O3/c16-13(15(19)20)7-10-9-17-14-2-1-11(8-12(10)14)18-3-5-21-6-4-18/h1-2,8-9,16-17H,3-7H2,(H,19,20). The number of carbonyl (C=O) groups is 1. The zero-order chi connectivity index (χ0) is 14.8. The normalized spacial score (nSPS) is 15.3. The molecule has 0 atom stereocenters. The summed E-state index contributed by atoms with van der Waals surface area (Å²) in [5.74, 6) is -1.17. The number of carboxylic acids is 1. The van der Waals surface area contributed by atoms with Gasteiger partial charge in [-0.25, -0.2) is 4.79 Å². The predicted octanol–water partition coefficient (Wildman–Crippen LogP) is 1.65. The summed E-state index contributed by atoms with van der Waals surface area (Å²) in [5.41, 5.74) is 2.61. The van der Waals surface area contributed by atoms with E-state index >= 15 is 0 Å². The highest BCUT2D eigenvalue weighted by Gasteiger charge is 2.15. The Hall–Kier alpha value is -2.34. The molecule has 0 saturated carbocycles. The summed E-state index contributed by atoms with van der Waals surface area (Å²) < 4.78 is 5.36. The minimum Gasteiger partial charge on any atom is -0.477 e. The minimum atomic E-state index is -1.17. The van der Waals surface area contributed by atoms with E-state index < -0.39 is 5.97 Å². The fourth-order valence-electron chi connectivity index (χ4n) is 2.60. The number of hydrogen-bond acceptors (Lipinski definition) is 4. The van der Waals surface area contributed by atoms with Crippen LogP contribution in [0.4, 0.5) is 5.69 Å². The maximum Gasteiger partial charge on any atom is 0.349 e. The first-order valence-electron chi connectivity index (χ1n) is 6.88. The number of morpholine rings is 1. The molecule has 21 heavy (non-hydrogen) atoms. The van der Waals surface area contributed by atoms with Gasteiger partial charge in [-0.3, -0.25) is 5.41 Å². The Bertz CT molecular complexity index is 687. The van der Waals surface area contributed by atoms with Gasteiger partial charge in [0.25, 0.3) is 0 Å². The van der Waals surface area contributed by atoms with Gasteiger partial charge in [-0.2, -0.15) is 0 Å². The monoisotopic (exact) mass is 287 g/mol. The minimum absolute atomic E-state index is 0.127. The molecule has 1 aliphatic rings. The van der Waals surface area contributed by atoms with Gasteiger partial charge in [0.15, 0.2) is 0 Å². The maximum absolute atomic E-state index is 10.8. The number of hydrogen-bond donors (Lipinski definition) is 3. The number of aliphatic carboxylic acids is 1. The Labute approximate surface area is 121 Å². The summed E-state index contributed by atoms with van der Waals surface area (Å²) in [6, 6.07) is 6.10. The largest absolute Gasteiger partial charge is 0.477 e. The average molecular weight is 287 g/mol. The SMILES string of the molecule is N=C(Cc1c[nH]c2ccc(N3CCOCC3)cc12)C(=O)O. The van der Waals surface area contributed by atoms with Crippen molar-refractivity contribution >= 4 is 28.3 Å². The molecule has 6 heteroatoms. The lowest BCUT2D eigenvalue weighted by atomic mass is 10.1. The Morgan fingerprint density at radius 2 is 2.14 bits per heavy atom. The number of fused-ring (bicyclic) bond motifs is 1. The first kappa shape index (κ1) is 13.6. The fourth-order valence-corrected chi connectivity index (χ4v) is 2.60. The number of carboxylic acid groups (broad SMARTS) is 1. The topological polar surface area (TPSA) is 89.4 Å². The Morgan fingerprint density at radius 3 is 2.86 bits per heavy atom. The quantitative estimate of drug-likeness (QED) is 0.746. The molecule has 6 nitrogen and oxygen atoms in total. The van der Waals surface area contributed by atoms with Crippen molar-refractivity contribution in [2.75, 3.05) is 31.2 Å². The zero-order valence-corrected chi connectivity index (χ0v) is 11.6. The van der Waals surface area contributed by atoms with Crippen LogP contribution in [0.25, 0.3) is 10.9 Å². The average Bonchev–Trinajstić information content (AvgIpc) is 2.90. The molecule has 0 aliphatic carbocycles. The summed E-state index contributed by atoms with van der Waals surface area (Å²) in [5, 5.41) is 17.3. The highest BCUT2D eigenvalue weighted by Crippen LogP contribution is 2.25. The van der Waals surface area contributed by atoms with Crippen LogP contribution in [0.1, 0.15) is 5.56 Å². The molecule has 2 aromatic rings. The number of anilines is 1. The van der Waals surface area contributed by atoms with Crippen molar-refractivity contribution in [3.63, 3.8) is 0 Å². The first-order valence-corrected chi connectivity index (χ1v) is 6.88. The lowest BCUT2D eigenvalue weighted by molar-refractivity contribution is -0.129. The van der Waals surface area contributed by atoms with Crippen molar-refractivity contribution in [3.05, 3.63) is 30.0 Å². The predicted molar refractivity (Wildman–Crippen MR) is 80.4 cm³/mol. The van der Waals surface area contributed by atoms with E-state index in [1.807, 2.05) is 6.07 Å². The molecule has 1 aromatic carbocycles. The van der Waals surface area contributed by atoms with Crippen molar-refractivity contribution in [2.24, 2.45) is 0 Å². The van der Waals surface area contributed by atoms with Crippen LogP contribution in [0.2, 0.25) is 0 Å². The third kappa shape index (κ3) is 2.75. The Balaban J connectivity index is 1.91. The van der Waals surface area contributed by atoms with Crippen LogP contribution in [0.5, 0.6) is 0 Å². The van der Waals surface area contributed by atoms with E-state index in [4.69, 9.17) is 15.3 Å². The third-order valence-electron chi connectivity index (χ3n) is 3.75. The lowest BCUT2D eigenvalue weighted by Crippen LogP contribution is -2.36. The number of rotatable bonds is 4. The number of benzene rings is 1. The molecular formula is C15H17N3O3. The summed E-state index contributed by atoms with van der Waals surface area (Å²) in [4.78, 5) is 16.2. The van der Waals surface area contributed by atoms with Gasteiger partial charge in [0.1, 0.15) is 5.71 Å². The second-order valence-electron chi connectivity index (χ2n) is 5.10. The van der Waals surface area contributed by atoms with E-state index in [-0.39, 0.29) is 12.1 Å². The van der Waals surface area contributed by atoms with Gasteiger partial charge >= 0.3 is 5.97 Å². The fraction of sp³-hybridized carbons (Fsp3) is 0.333. The Morgan fingerprint density at radius 1 is 1.38 bits per heavy atom. The van der Waals surface area contributed by atoms with Crippen LogP contribution in [0, 0.1) is 5.41 Å². The molecule has 0 amide bonds. The van der Waals surface area contributed by atoms with Crippen LogP contribution < -0.4 is 4.90 Å². The van der Waals surface area contributed by atoms with Crippen molar-refractivity contribution in [1.82, 2.24) is 4.98 Å². The highest BCUT2D eigenvalue weighted by atomic mass is 16.5. The molecule has 2 heterocycles. The van der Waals surface area contributed by atoms with E-state index in [9.17, 15) is 4.79 Å². The van der Waals surface area contributed by atoms with Gasteiger partial charge in [-0.05, 0) is 23.8 Å². The molecule has 1 saturated heterocycles. The first-order chi connectivity index (χ1) is 10.1. The summed E-state index contributed by atoms with van der Waals surface area (Å²) in [6.45, 7) is 3.16. The third-order valence-corrected chi connectivity index (χ3v) is 3.75. The second kappa shape index (κ2) is 5.57. The van der Waals surface area contributed by atoms with Crippen LogP contribution in [0.3, 0.4) is 0 Å². The number of aromatic nitrogens is 1. The van der Waals surface area contributed by atoms with E-state index in [0.717, 1.165) is 48.5 Å². The molecule has 0 bridgehead atoms. The highest BCUT2D eigenvalue weighted by molar-refractivity contribution is 6.34. The maximum atomic E-state index is 10.8. The van der Waals surface area contributed by atoms with Gasteiger partial charge in [0, 0.05) is 42.3 Å². The van der Waals surface area contributed by atoms with E-state index in [0.29, 0.717) is 0 Å². The Kier molecular flexibility index (Phi) is 3.62. The zero-order valence-electron chi connectivity index (χ0n) is 11.6. The second-order valence-corrected chi connectivity index (χ2v) is 5.10. The van der Waals surface area contributed by atoms with Crippen LogP contribution in [-0.2, 0) is 16.0 Å². The van der Waals surface area contributed by atoms with Gasteiger partial charge < -0.3 is 19.7 Å². The van der Waals surface area contributed by atoms with Crippen molar-refractivity contribution < 1.29 is 14.6 Å². The van der Waals surface area contributed by atoms with Crippen LogP contribution in [-0.4, -0.2) is 48.1 Å². The number of aromatic amines is 1. The molecular weight excluding hydrogens is 270 g/mol. The number of nitrogens with zero attached hydrogens (tertiary/aromatic N) is 1. The number of H-pyrrole nitrogens is 1. The summed E-state index contributed by atoms with van der Waals surface area (Å²) in [7, 11) is 0. The van der Waals surface area contributed by atoms with Gasteiger partial charge in [-0.1, -0.05) is 0 Å². The van der Waals surface area contributed by atoms with Crippen LogP contribution in [0.15, 0.2) is 24.4 Å². The van der Waals surface area contributed by atoms with Crippen molar-refractivity contribution in [3.8, 4) is 0 Å². The molecule has 3 N–H and O–H groups in total. The molecule has 0 unspecified atom stereocenters. The van der Waals surface area contributed by atoms with E-state index in [2.05, 4.69) is 22.0 Å².